The molecule has 1 rings (SSSR count). The Morgan fingerprint density at radius 2 is 2.00 bits per heavy atom. The molecule has 96 valence electrons. The van der Waals surface area contributed by atoms with Crippen molar-refractivity contribution in [2.45, 2.75) is 39.3 Å². The zero-order valence-electron chi connectivity index (χ0n) is 10.6. The van der Waals surface area contributed by atoms with Gasteiger partial charge in [0.1, 0.15) is 5.82 Å². The number of aliphatic hydroxyl groups excluding tert-OH is 2. The van der Waals surface area contributed by atoms with Crippen molar-refractivity contribution in [1.29, 1.82) is 0 Å². The number of aromatic nitrogens is 1. The minimum absolute atomic E-state index is 0.0226. The molecule has 0 saturated heterocycles. The van der Waals surface area contributed by atoms with Crippen LogP contribution in [0.2, 0.25) is 0 Å². The standard InChI is InChI=1S/C13H22N2O2/c1-3-12(4-2)15(8-9-16)13-11(10-17)6-5-7-14-13/h5-7,12,16-17H,3-4,8-10H2,1-2H3. The van der Waals surface area contributed by atoms with E-state index >= 15 is 0 Å². The summed E-state index contributed by atoms with van der Waals surface area (Å²) in [5.74, 6) is 0.790. The predicted octanol–water partition coefficient (Wildman–Crippen LogP) is 1.56. The third-order valence-corrected chi connectivity index (χ3v) is 3.03. The summed E-state index contributed by atoms with van der Waals surface area (Å²) < 4.78 is 0. The monoisotopic (exact) mass is 238 g/mol. The van der Waals surface area contributed by atoms with Crippen LogP contribution in [0, 0.1) is 0 Å². The van der Waals surface area contributed by atoms with E-state index in [1.165, 1.54) is 0 Å². The molecule has 0 atom stereocenters. The predicted molar refractivity (Wildman–Crippen MR) is 69.0 cm³/mol. The molecule has 0 bridgehead atoms. The zero-order valence-corrected chi connectivity index (χ0v) is 10.6. The fraction of sp³-hybridized carbons (Fsp3) is 0.615. The van der Waals surface area contributed by atoms with E-state index in [1.54, 1.807) is 6.20 Å². The van der Waals surface area contributed by atoms with Gasteiger partial charge in [0.2, 0.25) is 0 Å². The van der Waals surface area contributed by atoms with Gasteiger partial charge in [-0.1, -0.05) is 19.9 Å². The fourth-order valence-electron chi connectivity index (χ4n) is 2.11. The van der Waals surface area contributed by atoms with Gasteiger partial charge >= 0.3 is 0 Å². The second kappa shape index (κ2) is 7.25. The largest absolute Gasteiger partial charge is 0.395 e. The van der Waals surface area contributed by atoms with Crippen LogP contribution in [0.1, 0.15) is 32.3 Å². The van der Waals surface area contributed by atoms with Gasteiger partial charge in [0, 0.05) is 24.3 Å². The second-order valence-corrected chi connectivity index (χ2v) is 4.03. The lowest BCUT2D eigenvalue weighted by Gasteiger charge is -2.32. The Hall–Kier alpha value is -1.13. The average Bonchev–Trinajstić information content (AvgIpc) is 2.39. The molecule has 0 amide bonds. The van der Waals surface area contributed by atoms with Gasteiger partial charge in [-0.05, 0) is 18.9 Å². The lowest BCUT2D eigenvalue weighted by Crippen LogP contribution is -2.38. The summed E-state index contributed by atoms with van der Waals surface area (Å²) in [5.41, 5.74) is 0.813. The number of nitrogens with zero attached hydrogens (tertiary/aromatic N) is 2. The molecule has 0 aliphatic carbocycles. The number of rotatable bonds is 7. The summed E-state index contributed by atoms with van der Waals surface area (Å²) in [4.78, 5) is 6.43. The Morgan fingerprint density at radius 3 is 2.53 bits per heavy atom. The minimum atomic E-state index is -0.0226. The molecule has 0 radical (unpaired) electrons. The highest BCUT2D eigenvalue weighted by Gasteiger charge is 2.18. The lowest BCUT2D eigenvalue weighted by atomic mass is 10.1. The first-order chi connectivity index (χ1) is 8.28. The van der Waals surface area contributed by atoms with Gasteiger partial charge in [0.15, 0.2) is 0 Å². The molecule has 4 nitrogen and oxygen atoms in total. The Kier molecular flexibility index (Phi) is 5.94. The SMILES string of the molecule is CCC(CC)N(CCO)c1ncccc1CO. The molecule has 17 heavy (non-hydrogen) atoms. The van der Waals surface area contributed by atoms with Crippen molar-refractivity contribution >= 4 is 5.82 Å². The van der Waals surface area contributed by atoms with Crippen LogP contribution in [-0.4, -0.2) is 34.4 Å². The third-order valence-electron chi connectivity index (χ3n) is 3.03. The quantitative estimate of drug-likeness (QED) is 0.757. The van der Waals surface area contributed by atoms with Crippen molar-refractivity contribution < 1.29 is 10.2 Å². The van der Waals surface area contributed by atoms with Gasteiger partial charge in [0.05, 0.1) is 13.2 Å². The summed E-state index contributed by atoms with van der Waals surface area (Å²) in [6, 6.07) is 4.04. The zero-order chi connectivity index (χ0) is 12.7. The molecule has 1 aromatic heterocycles. The van der Waals surface area contributed by atoms with Gasteiger partial charge in [0.25, 0.3) is 0 Å². The normalized spacial score (nSPS) is 10.9. The highest BCUT2D eigenvalue weighted by Crippen LogP contribution is 2.22. The molecule has 4 heteroatoms. The van der Waals surface area contributed by atoms with Crippen LogP contribution in [0.4, 0.5) is 5.82 Å². The Bertz CT molecular complexity index is 327. The molecule has 0 unspecified atom stereocenters. The van der Waals surface area contributed by atoms with E-state index in [1.807, 2.05) is 12.1 Å². The lowest BCUT2D eigenvalue weighted by molar-refractivity contribution is 0.278. The van der Waals surface area contributed by atoms with Crippen molar-refractivity contribution in [3.05, 3.63) is 23.9 Å². The summed E-state index contributed by atoms with van der Waals surface area (Å²) in [7, 11) is 0. The maximum absolute atomic E-state index is 9.33. The Morgan fingerprint density at radius 1 is 1.29 bits per heavy atom. The summed E-state index contributed by atoms with van der Waals surface area (Å²) in [6.45, 7) is 4.87. The first-order valence-corrected chi connectivity index (χ1v) is 6.20. The molecular formula is C13H22N2O2. The van der Waals surface area contributed by atoms with E-state index in [0.717, 1.165) is 24.2 Å². The van der Waals surface area contributed by atoms with E-state index in [0.29, 0.717) is 12.6 Å². The van der Waals surface area contributed by atoms with Crippen LogP contribution in [0.5, 0.6) is 0 Å². The molecule has 0 aromatic carbocycles. The number of hydrogen-bond acceptors (Lipinski definition) is 4. The van der Waals surface area contributed by atoms with Crippen molar-refractivity contribution in [2.24, 2.45) is 0 Å². The van der Waals surface area contributed by atoms with E-state index < -0.39 is 0 Å². The first-order valence-electron chi connectivity index (χ1n) is 6.20. The molecule has 0 aliphatic heterocycles. The molecule has 0 fully saturated rings. The molecule has 1 aromatic rings. The smallest absolute Gasteiger partial charge is 0.134 e. The molecule has 0 spiro atoms. The fourth-order valence-corrected chi connectivity index (χ4v) is 2.11. The minimum Gasteiger partial charge on any atom is -0.395 e. The first kappa shape index (κ1) is 13.9. The number of anilines is 1. The highest BCUT2D eigenvalue weighted by molar-refractivity contribution is 5.47. The maximum atomic E-state index is 9.33. The van der Waals surface area contributed by atoms with Crippen LogP contribution in [0.25, 0.3) is 0 Å². The molecular weight excluding hydrogens is 216 g/mol. The Balaban J connectivity index is 3.03. The van der Waals surface area contributed by atoms with E-state index in [-0.39, 0.29) is 13.2 Å². The molecule has 0 saturated carbocycles. The van der Waals surface area contributed by atoms with Crippen molar-refractivity contribution in [1.82, 2.24) is 4.98 Å². The maximum Gasteiger partial charge on any atom is 0.134 e. The van der Waals surface area contributed by atoms with Crippen molar-refractivity contribution in [3.8, 4) is 0 Å². The topological polar surface area (TPSA) is 56.6 Å². The van der Waals surface area contributed by atoms with Gasteiger partial charge in [-0.25, -0.2) is 4.98 Å². The van der Waals surface area contributed by atoms with Crippen molar-refractivity contribution in [3.63, 3.8) is 0 Å². The Labute approximate surface area is 103 Å². The number of aliphatic hydroxyl groups is 2. The van der Waals surface area contributed by atoms with Crippen LogP contribution in [0.15, 0.2) is 18.3 Å². The molecule has 1 heterocycles. The average molecular weight is 238 g/mol. The van der Waals surface area contributed by atoms with Crippen LogP contribution >= 0.6 is 0 Å². The summed E-state index contributed by atoms with van der Waals surface area (Å²) >= 11 is 0. The van der Waals surface area contributed by atoms with Gasteiger partial charge in [-0.3, -0.25) is 0 Å². The summed E-state index contributed by atoms with van der Waals surface area (Å²) in [6.07, 6.45) is 3.72. The van der Waals surface area contributed by atoms with Crippen LogP contribution in [0.3, 0.4) is 0 Å². The second-order valence-electron chi connectivity index (χ2n) is 4.03. The van der Waals surface area contributed by atoms with E-state index in [9.17, 15) is 5.11 Å². The third kappa shape index (κ3) is 3.41. The van der Waals surface area contributed by atoms with E-state index in [2.05, 4.69) is 23.7 Å². The van der Waals surface area contributed by atoms with Crippen molar-refractivity contribution in [2.75, 3.05) is 18.1 Å². The van der Waals surface area contributed by atoms with E-state index in [4.69, 9.17) is 5.11 Å². The summed E-state index contributed by atoms with van der Waals surface area (Å²) in [5, 5.41) is 18.5. The number of hydrogen-bond donors (Lipinski definition) is 2. The number of pyridine rings is 1. The van der Waals surface area contributed by atoms with Gasteiger partial charge < -0.3 is 15.1 Å². The molecule has 0 aliphatic rings. The van der Waals surface area contributed by atoms with Gasteiger partial charge in [-0.2, -0.15) is 0 Å². The van der Waals surface area contributed by atoms with Gasteiger partial charge in [-0.15, -0.1) is 0 Å². The van der Waals surface area contributed by atoms with Crippen LogP contribution in [-0.2, 0) is 6.61 Å². The van der Waals surface area contributed by atoms with Crippen LogP contribution < -0.4 is 4.90 Å². The highest BCUT2D eigenvalue weighted by atomic mass is 16.3. The molecule has 2 N–H and O–H groups in total.